The second-order valence-electron chi connectivity index (χ2n) is 16.4. The van der Waals surface area contributed by atoms with Crippen LogP contribution in [0.2, 0.25) is 0 Å². The van der Waals surface area contributed by atoms with Crippen molar-refractivity contribution < 1.29 is 0 Å². The van der Waals surface area contributed by atoms with Crippen LogP contribution < -0.4 is 0 Å². The first kappa shape index (κ1) is 32.8. The van der Waals surface area contributed by atoms with Gasteiger partial charge in [0.25, 0.3) is 0 Å². The van der Waals surface area contributed by atoms with Crippen LogP contribution in [0.3, 0.4) is 0 Å². The topological polar surface area (TPSA) is 14.8 Å². The van der Waals surface area contributed by atoms with E-state index in [9.17, 15) is 0 Å². The maximum atomic E-state index is 2.51. The molecule has 3 nitrogen and oxygen atoms in total. The van der Waals surface area contributed by atoms with E-state index in [1.165, 1.54) is 109 Å². The molecule has 3 heteroatoms. The maximum Gasteiger partial charge on any atom is 0.0641 e. The molecular weight excluding hydrogens is 739 g/mol. The molecule has 0 amide bonds. The van der Waals surface area contributed by atoms with Gasteiger partial charge in [0.05, 0.1) is 33.1 Å². The molecule has 0 saturated carbocycles. The predicted molar refractivity (Wildman–Crippen MR) is 259 cm³/mol. The Morgan fingerprint density at radius 3 is 1.18 bits per heavy atom. The third-order valence-corrected chi connectivity index (χ3v) is 13.4. The normalized spacial score (nSPS) is 12.3. The fraction of sp³-hybridized carbons (Fsp3) is 0. The molecule has 3 aromatic heterocycles. The van der Waals surface area contributed by atoms with Crippen LogP contribution in [0.1, 0.15) is 0 Å². The van der Waals surface area contributed by atoms with E-state index in [0.717, 1.165) is 17.1 Å². The summed E-state index contributed by atoms with van der Waals surface area (Å²) in [5.41, 5.74) is 10.7. The molecule has 0 aliphatic rings. The van der Waals surface area contributed by atoms with Crippen molar-refractivity contribution >= 4 is 109 Å². The van der Waals surface area contributed by atoms with Crippen LogP contribution in [0.25, 0.3) is 126 Å². The standard InChI is InChI=1S/C58H35N3/c1-2-16-36(17-3-1)60-49-27-13-10-20-41(49)46-34-35-52-54(57(46)60)47-25-11-14-28-50(47)59(52)37-30-32-38(33-31-37)61-51-29-15-12-26-48(51)56-55-43-22-7-5-19-40(43)39-18-4-6-21-42(39)53(55)44-23-8-9-24-45(44)58(56)61/h1-35H. The van der Waals surface area contributed by atoms with Gasteiger partial charge in [0.1, 0.15) is 0 Å². The second kappa shape index (κ2) is 12.2. The van der Waals surface area contributed by atoms with Crippen LogP contribution in [0.5, 0.6) is 0 Å². The van der Waals surface area contributed by atoms with Crippen molar-refractivity contribution in [2.24, 2.45) is 0 Å². The van der Waals surface area contributed by atoms with Crippen molar-refractivity contribution in [2.45, 2.75) is 0 Å². The number of nitrogens with zero attached hydrogens (tertiary/aromatic N) is 3. The molecule has 282 valence electrons. The van der Waals surface area contributed by atoms with E-state index in [0.29, 0.717) is 0 Å². The summed E-state index contributed by atoms with van der Waals surface area (Å²) in [7, 11) is 0. The SMILES string of the molecule is c1ccc(-n2c3ccccc3c3ccc4c(c5ccccc5n4-c4ccc(-n5c6ccccc6c6c7c8ccccc8c8ccccc8c7c7ccccc7c65)cc4)c32)cc1. The van der Waals surface area contributed by atoms with Crippen molar-refractivity contribution in [2.75, 3.05) is 0 Å². The zero-order valence-electron chi connectivity index (χ0n) is 33.0. The van der Waals surface area contributed by atoms with E-state index in [2.05, 4.69) is 226 Å². The number of para-hydroxylation sites is 4. The molecule has 0 atom stereocenters. The Morgan fingerprint density at radius 2 is 0.557 bits per heavy atom. The third-order valence-electron chi connectivity index (χ3n) is 13.4. The fourth-order valence-corrected chi connectivity index (χ4v) is 11.0. The molecule has 3 heterocycles. The molecule has 0 aliphatic carbocycles. The first-order chi connectivity index (χ1) is 30.3. The van der Waals surface area contributed by atoms with Gasteiger partial charge in [0.15, 0.2) is 0 Å². The van der Waals surface area contributed by atoms with E-state index in [-0.39, 0.29) is 0 Å². The minimum Gasteiger partial charge on any atom is -0.309 e. The molecule has 0 aliphatic heterocycles. The zero-order chi connectivity index (χ0) is 39.8. The van der Waals surface area contributed by atoms with Crippen molar-refractivity contribution in [3.05, 3.63) is 212 Å². The molecule has 11 aromatic carbocycles. The minimum atomic E-state index is 1.13. The lowest BCUT2D eigenvalue weighted by Gasteiger charge is -2.16. The van der Waals surface area contributed by atoms with Crippen LogP contribution in [-0.4, -0.2) is 13.7 Å². The van der Waals surface area contributed by atoms with Crippen LogP contribution in [0.15, 0.2) is 212 Å². The monoisotopic (exact) mass is 773 g/mol. The maximum absolute atomic E-state index is 2.51. The number of hydrogen-bond acceptors (Lipinski definition) is 0. The van der Waals surface area contributed by atoms with Gasteiger partial charge >= 0.3 is 0 Å². The Bertz CT molecular complexity index is 4140. The van der Waals surface area contributed by atoms with E-state index >= 15 is 0 Å². The Morgan fingerprint density at radius 1 is 0.180 bits per heavy atom. The summed E-state index contributed by atoms with van der Waals surface area (Å²) in [6, 6.07) is 78.3. The third kappa shape index (κ3) is 4.31. The van der Waals surface area contributed by atoms with Gasteiger partial charge in [-0.15, -0.1) is 0 Å². The van der Waals surface area contributed by atoms with Crippen molar-refractivity contribution in [1.29, 1.82) is 0 Å². The zero-order valence-corrected chi connectivity index (χ0v) is 33.0. The lowest BCUT2D eigenvalue weighted by molar-refractivity contribution is 1.15. The highest BCUT2D eigenvalue weighted by molar-refractivity contribution is 6.42. The summed E-state index contributed by atoms with van der Waals surface area (Å²) >= 11 is 0. The van der Waals surface area contributed by atoms with Crippen LogP contribution in [0, 0.1) is 0 Å². The lowest BCUT2D eigenvalue weighted by atomic mass is 9.88. The highest BCUT2D eigenvalue weighted by atomic mass is 15.0. The van der Waals surface area contributed by atoms with E-state index in [1.807, 2.05) is 0 Å². The number of fused-ring (bicyclic) bond motifs is 20. The summed E-state index contributed by atoms with van der Waals surface area (Å²) in [6.45, 7) is 0. The lowest BCUT2D eigenvalue weighted by Crippen LogP contribution is -1.98. The first-order valence-corrected chi connectivity index (χ1v) is 21.1. The molecule has 0 spiro atoms. The van der Waals surface area contributed by atoms with Crippen LogP contribution in [-0.2, 0) is 0 Å². The van der Waals surface area contributed by atoms with Gasteiger partial charge in [-0.3, -0.25) is 0 Å². The van der Waals surface area contributed by atoms with Gasteiger partial charge in [-0.1, -0.05) is 152 Å². The smallest absolute Gasteiger partial charge is 0.0641 e. The fourth-order valence-electron chi connectivity index (χ4n) is 11.0. The van der Waals surface area contributed by atoms with Gasteiger partial charge in [0, 0.05) is 60.2 Å². The molecular formula is C58H35N3. The van der Waals surface area contributed by atoms with Gasteiger partial charge in [0.2, 0.25) is 0 Å². The molecule has 61 heavy (non-hydrogen) atoms. The number of hydrogen-bond donors (Lipinski definition) is 0. The molecule has 14 aromatic rings. The van der Waals surface area contributed by atoms with E-state index in [4.69, 9.17) is 0 Å². The Kier molecular flexibility index (Phi) is 6.56. The van der Waals surface area contributed by atoms with Crippen LogP contribution >= 0.6 is 0 Å². The minimum absolute atomic E-state index is 1.13. The Labute approximate surface area is 350 Å². The number of rotatable bonds is 3. The summed E-state index contributed by atoms with van der Waals surface area (Å²) in [5, 5.41) is 17.9. The Hall–Kier alpha value is -8.14. The average Bonchev–Trinajstić information content (AvgIpc) is 3.98. The average molecular weight is 774 g/mol. The second-order valence-corrected chi connectivity index (χ2v) is 16.4. The number of benzene rings is 11. The largest absolute Gasteiger partial charge is 0.309 e. The van der Waals surface area contributed by atoms with Gasteiger partial charge in [-0.25, -0.2) is 0 Å². The molecule has 14 rings (SSSR count). The summed E-state index contributed by atoms with van der Waals surface area (Å²) in [5.74, 6) is 0. The first-order valence-electron chi connectivity index (χ1n) is 21.1. The highest BCUT2D eigenvalue weighted by Crippen LogP contribution is 2.48. The van der Waals surface area contributed by atoms with Crippen molar-refractivity contribution in [1.82, 2.24) is 13.7 Å². The van der Waals surface area contributed by atoms with Crippen LogP contribution in [0.4, 0.5) is 0 Å². The summed E-state index contributed by atoms with van der Waals surface area (Å²) in [6.07, 6.45) is 0. The molecule has 0 N–H and O–H groups in total. The summed E-state index contributed by atoms with van der Waals surface area (Å²) < 4.78 is 7.41. The van der Waals surface area contributed by atoms with Gasteiger partial charge in [-0.05, 0) is 93.0 Å². The van der Waals surface area contributed by atoms with Crippen molar-refractivity contribution in [3.8, 4) is 17.1 Å². The quantitative estimate of drug-likeness (QED) is 0.159. The van der Waals surface area contributed by atoms with Crippen molar-refractivity contribution in [3.63, 3.8) is 0 Å². The highest BCUT2D eigenvalue weighted by Gasteiger charge is 2.24. The summed E-state index contributed by atoms with van der Waals surface area (Å²) in [4.78, 5) is 0. The van der Waals surface area contributed by atoms with E-state index in [1.54, 1.807) is 0 Å². The van der Waals surface area contributed by atoms with Gasteiger partial charge < -0.3 is 13.7 Å². The van der Waals surface area contributed by atoms with E-state index < -0.39 is 0 Å². The molecule has 0 saturated heterocycles. The number of aromatic nitrogens is 3. The molecule has 0 bridgehead atoms. The predicted octanol–water partition coefficient (Wildman–Crippen LogP) is 15.6. The molecule has 0 fully saturated rings. The van der Waals surface area contributed by atoms with Gasteiger partial charge in [-0.2, -0.15) is 0 Å². The molecule has 0 unspecified atom stereocenters. The Balaban J connectivity index is 1.06. The molecule has 0 radical (unpaired) electrons.